The number of anilines is 2. The topological polar surface area (TPSA) is 30.1 Å². The Morgan fingerprint density at radius 2 is 1.17 bits per heavy atom. The molecule has 0 fully saturated rings. The number of fused-ring (bicyclic) bond motifs is 15. The highest BCUT2D eigenvalue weighted by Gasteiger charge is 2.44. The van der Waals surface area contributed by atoms with Crippen LogP contribution < -0.4 is 16.4 Å². The second kappa shape index (κ2) is 14.6. The summed E-state index contributed by atoms with van der Waals surface area (Å²) < 4.78 is 12.5. The fourth-order valence-electron chi connectivity index (χ4n) is 13.3. The molecule has 4 heterocycles. The summed E-state index contributed by atoms with van der Waals surface area (Å²) in [4.78, 5) is 0. The molecule has 1 aliphatic heterocycles. The highest BCUT2D eigenvalue weighted by atomic mass is 32.1. The Kier molecular flexibility index (Phi) is 9.28. The highest BCUT2D eigenvalue weighted by molar-refractivity contribution is 7.25. The summed E-state index contributed by atoms with van der Waals surface area (Å²) in [6, 6.07) is 43.0. The summed E-state index contributed by atoms with van der Waals surface area (Å²) in [5.41, 5.74) is 24.3. The number of thiophene rings is 1. The predicted molar refractivity (Wildman–Crippen MR) is 314 cm³/mol. The van der Waals surface area contributed by atoms with Crippen LogP contribution in [0.15, 0.2) is 114 Å². The average Bonchev–Trinajstić information content (AvgIpc) is 4.03. The number of nitrogens with one attached hydrogen (secondary N) is 1. The van der Waals surface area contributed by atoms with Gasteiger partial charge in [0.15, 0.2) is 0 Å². The smallest absolute Gasteiger partial charge is 0.244 e. The Morgan fingerprint density at radius 1 is 0.569 bits per heavy atom. The molecular formula is C67H69BN2OS. The van der Waals surface area contributed by atoms with Gasteiger partial charge in [-0.1, -0.05) is 152 Å². The highest BCUT2D eigenvalue weighted by Crippen LogP contribution is 2.58. The van der Waals surface area contributed by atoms with Crippen molar-refractivity contribution >= 4 is 94.1 Å². The molecule has 0 bridgehead atoms. The van der Waals surface area contributed by atoms with Crippen molar-refractivity contribution in [2.45, 2.75) is 149 Å². The van der Waals surface area contributed by atoms with Crippen LogP contribution in [0.25, 0.3) is 80.9 Å². The third-order valence-electron chi connectivity index (χ3n) is 17.7. The first kappa shape index (κ1) is 45.8. The number of hydrogen-bond acceptors (Lipinski definition) is 3. The minimum Gasteiger partial charge on any atom is -0.469 e. The molecule has 362 valence electrons. The van der Waals surface area contributed by atoms with Gasteiger partial charge >= 0.3 is 0 Å². The van der Waals surface area contributed by atoms with E-state index in [1.807, 2.05) is 11.3 Å². The van der Waals surface area contributed by atoms with Gasteiger partial charge in [-0.3, -0.25) is 0 Å². The molecule has 13 rings (SSSR count). The first-order valence-electron chi connectivity index (χ1n) is 26.6. The summed E-state index contributed by atoms with van der Waals surface area (Å²) in [6.07, 6.45) is 2.39. The van der Waals surface area contributed by atoms with Gasteiger partial charge in [0, 0.05) is 64.2 Å². The average molecular weight is 961 g/mol. The Morgan fingerprint density at radius 3 is 1.85 bits per heavy atom. The lowest BCUT2D eigenvalue weighted by Gasteiger charge is -2.41. The number of hydrogen-bond donors (Lipinski definition) is 1. The van der Waals surface area contributed by atoms with Crippen molar-refractivity contribution in [1.82, 2.24) is 4.57 Å². The van der Waals surface area contributed by atoms with E-state index in [1.54, 1.807) is 0 Å². The summed E-state index contributed by atoms with van der Waals surface area (Å²) in [5.74, 6) is 0. The second-order valence-electron chi connectivity index (χ2n) is 26.9. The molecule has 3 nitrogen and oxygen atoms in total. The minimum atomic E-state index is -0.287. The number of aromatic nitrogens is 1. The standard InChI is InChI=1S/C67H69BN2OS/c1-62(2,3)36-20-24-39(25-21-36)69-49-33-42-41-32-47-48(66(12,13)29-28-65(47,10)11)35-53(41)72-52(42)34-43(49)55-54-40-18-16-17-19-46(40)67(14,15)57(54)56-44-30-37(63(4,5)6)22-26-50(44)70-59-45-31-38(64(7,8)9)23-27-51(45)71-61(59)68-58(55)60(56)70/h16-27,30-35,68-69H,28-29H2,1-15H3. The van der Waals surface area contributed by atoms with Crippen LogP contribution in [0, 0.1) is 0 Å². The number of benzene rings is 7. The molecule has 3 aliphatic rings. The zero-order valence-corrected chi connectivity index (χ0v) is 46.1. The SMILES string of the molecule is CC(C)(C)c1ccc(Nc2cc3c(cc2-c2c4c(c5c6cc(C(C)(C)C)ccc6n6c5c2Bc2oc5ccc(C(C)(C)C)cc5c2-6)C(C)(C)c2ccccc2-4)sc2cc4c(cc23)C(C)(C)CCC4(C)C)cc1. The quantitative estimate of drug-likeness (QED) is 0.179. The van der Waals surface area contributed by atoms with E-state index >= 15 is 0 Å². The molecule has 3 aromatic heterocycles. The van der Waals surface area contributed by atoms with E-state index in [0.29, 0.717) is 7.28 Å². The van der Waals surface area contributed by atoms with Crippen molar-refractivity contribution in [3.8, 4) is 27.9 Å². The van der Waals surface area contributed by atoms with Gasteiger partial charge in [-0.05, 0) is 162 Å². The fourth-order valence-corrected chi connectivity index (χ4v) is 14.5. The van der Waals surface area contributed by atoms with Crippen LogP contribution >= 0.6 is 11.3 Å². The summed E-state index contributed by atoms with van der Waals surface area (Å²) in [7, 11) is 0.681. The van der Waals surface area contributed by atoms with Crippen molar-refractivity contribution in [2.75, 3.05) is 5.32 Å². The molecule has 7 aromatic carbocycles. The monoisotopic (exact) mass is 961 g/mol. The maximum Gasteiger partial charge on any atom is 0.244 e. The molecular weight excluding hydrogens is 892 g/mol. The Bertz CT molecular complexity index is 3990. The number of rotatable bonds is 3. The van der Waals surface area contributed by atoms with Gasteiger partial charge in [0.1, 0.15) is 5.58 Å². The molecule has 0 unspecified atom stereocenters. The zero-order chi connectivity index (χ0) is 50.6. The molecule has 1 N–H and O–H groups in total. The van der Waals surface area contributed by atoms with Gasteiger partial charge in [-0.15, -0.1) is 11.3 Å². The van der Waals surface area contributed by atoms with E-state index < -0.39 is 0 Å². The molecule has 0 spiro atoms. The van der Waals surface area contributed by atoms with Gasteiger partial charge in [0.05, 0.1) is 16.9 Å². The lowest BCUT2D eigenvalue weighted by molar-refractivity contribution is 0.332. The molecule has 0 radical (unpaired) electrons. The largest absolute Gasteiger partial charge is 0.469 e. The molecule has 0 saturated heterocycles. The third kappa shape index (κ3) is 6.47. The van der Waals surface area contributed by atoms with Crippen LogP contribution in [0.5, 0.6) is 0 Å². The van der Waals surface area contributed by atoms with Crippen LogP contribution in [0.2, 0.25) is 0 Å². The Labute approximate surface area is 431 Å². The van der Waals surface area contributed by atoms with Gasteiger partial charge in [-0.25, -0.2) is 0 Å². The van der Waals surface area contributed by atoms with Crippen LogP contribution in [-0.2, 0) is 32.5 Å². The fraction of sp³-hybridized carbons (Fsp3) is 0.343. The van der Waals surface area contributed by atoms with Crippen molar-refractivity contribution in [2.24, 2.45) is 0 Å². The zero-order valence-electron chi connectivity index (χ0n) is 45.3. The van der Waals surface area contributed by atoms with E-state index in [9.17, 15) is 0 Å². The molecule has 10 aromatic rings. The first-order valence-corrected chi connectivity index (χ1v) is 27.4. The van der Waals surface area contributed by atoms with Gasteiger partial charge in [0.2, 0.25) is 7.28 Å². The lowest BCUT2D eigenvalue weighted by atomic mass is 9.60. The Hall–Kier alpha value is -6.04. The van der Waals surface area contributed by atoms with Crippen LogP contribution in [0.3, 0.4) is 0 Å². The maximum absolute atomic E-state index is 7.19. The molecule has 0 saturated carbocycles. The molecule has 72 heavy (non-hydrogen) atoms. The summed E-state index contributed by atoms with van der Waals surface area (Å²) >= 11 is 1.97. The van der Waals surface area contributed by atoms with Crippen molar-refractivity contribution in [3.63, 3.8) is 0 Å². The van der Waals surface area contributed by atoms with Crippen LogP contribution in [0.4, 0.5) is 11.4 Å². The van der Waals surface area contributed by atoms with Gasteiger partial charge in [-0.2, -0.15) is 0 Å². The van der Waals surface area contributed by atoms with Crippen molar-refractivity contribution < 1.29 is 4.42 Å². The first-order chi connectivity index (χ1) is 33.8. The van der Waals surface area contributed by atoms with Crippen LogP contribution in [0.1, 0.15) is 156 Å². The number of furan rings is 1. The van der Waals surface area contributed by atoms with Gasteiger partial charge < -0.3 is 14.3 Å². The predicted octanol–water partition coefficient (Wildman–Crippen LogP) is 17.6. The van der Waals surface area contributed by atoms with Crippen molar-refractivity contribution in [1.29, 1.82) is 0 Å². The second-order valence-corrected chi connectivity index (χ2v) is 28.0. The van der Waals surface area contributed by atoms with Crippen molar-refractivity contribution in [3.05, 3.63) is 148 Å². The molecule has 5 heteroatoms. The van der Waals surface area contributed by atoms with E-state index in [-0.39, 0.29) is 32.5 Å². The van der Waals surface area contributed by atoms with E-state index in [4.69, 9.17) is 4.42 Å². The molecule has 0 atom stereocenters. The normalized spacial score (nSPS) is 16.6. The van der Waals surface area contributed by atoms with Crippen LogP contribution in [-0.4, -0.2) is 11.8 Å². The Balaban J connectivity index is 1.20. The van der Waals surface area contributed by atoms with E-state index in [1.165, 1.54) is 133 Å². The lowest BCUT2D eigenvalue weighted by Crippen LogP contribution is -2.37. The maximum atomic E-state index is 7.19. The molecule has 0 amide bonds. The third-order valence-corrected chi connectivity index (χ3v) is 18.8. The molecule has 2 aliphatic carbocycles. The number of nitrogens with zero attached hydrogens (tertiary/aromatic N) is 1. The van der Waals surface area contributed by atoms with E-state index in [0.717, 1.165) is 22.6 Å². The van der Waals surface area contributed by atoms with Gasteiger partial charge in [0.25, 0.3) is 0 Å². The summed E-state index contributed by atoms with van der Waals surface area (Å²) in [6.45, 7) is 35.7. The minimum absolute atomic E-state index is 0.0160. The summed E-state index contributed by atoms with van der Waals surface area (Å²) in [5, 5.41) is 10.7. The van der Waals surface area contributed by atoms with E-state index in [2.05, 4.69) is 223 Å².